The van der Waals surface area contributed by atoms with Crippen molar-refractivity contribution in [3.05, 3.63) is 42.5 Å². The van der Waals surface area contributed by atoms with E-state index in [2.05, 4.69) is 16.4 Å². The average Bonchev–Trinajstić information content (AvgIpc) is 2.78. The van der Waals surface area contributed by atoms with Gasteiger partial charge in [0, 0.05) is 51.4 Å². The molecule has 0 radical (unpaired) electrons. The van der Waals surface area contributed by atoms with E-state index >= 15 is 0 Å². The number of hydrogen-bond acceptors (Lipinski definition) is 6. The molecular weight excluding hydrogens is 370 g/mol. The van der Waals surface area contributed by atoms with Crippen LogP contribution in [-0.2, 0) is 4.74 Å². The monoisotopic (exact) mass is 403 g/mol. The van der Waals surface area contributed by atoms with E-state index < -0.39 is 5.54 Å². The van der Waals surface area contributed by atoms with Gasteiger partial charge in [0.05, 0.1) is 32.0 Å². The van der Waals surface area contributed by atoms with Crippen LogP contribution in [0.25, 0.3) is 0 Å². The molecule has 1 amide bonds. The van der Waals surface area contributed by atoms with Crippen molar-refractivity contribution >= 4 is 5.91 Å². The van der Waals surface area contributed by atoms with E-state index in [0.29, 0.717) is 31.0 Å². The lowest BCUT2D eigenvalue weighted by atomic mass is 10.00. The quantitative estimate of drug-likeness (QED) is 0.688. The van der Waals surface area contributed by atoms with Crippen LogP contribution in [0.5, 0.6) is 5.75 Å². The van der Waals surface area contributed by atoms with Crippen LogP contribution in [0.1, 0.15) is 17.3 Å². The number of morpholine rings is 1. The molecule has 1 aromatic rings. The van der Waals surface area contributed by atoms with E-state index in [1.807, 2.05) is 36.1 Å². The van der Waals surface area contributed by atoms with Gasteiger partial charge in [-0.15, -0.1) is 6.58 Å². The van der Waals surface area contributed by atoms with Crippen LogP contribution >= 0.6 is 0 Å². The Kier molecular flexibility index (Phi) is 7.29. The fraction of sp³-hybridized carbons (Fsp3) is 0.591. The molecule has 7 nitrogen and oxygen atoms in total. The summed E-state index contributed by atoms with van der Waals surface area (Å²) in [6.07, 6.45) is 1.91. The molecule has 0 bridgehead atoms. The molecule has 0 spiro atoms. The minimum Gasteiger partial charge on any atom is -0.497 e. The Morgan fingerprint density at radius 2 is 2.10 bits per heavy atom. The number of aliphatic hydroxyl groups is 1. The third kappa shape index (κ3) is 5.17. The summed E-state index contributed by atoms with van der Waals surface area (Å²) >= 11 is 0. The third-order valence-electron chi connectivity index (χ3n) is 6.06. The topological polar surface area (TPSA) is 65.5 Å². The number of piperazine rings is 1. The van der Waals surface area contributed by atoms with Crippen LogP contribution in [0.3, 0.4) is 0 Å². The zero-order valence-corrected chi connectivity index (χ0v) is 17.5. The largest absolute Gasteiger partial charge is 0.497 e. The lowest BCUT2D eigenvalue weighted by Crippen LogP contribution is -2.58. The summed E-state index contributed by atoms with van der Waals surface area (Å²) in [6, 6.07) is 7.31. The first kappa shape index (κ1) is 21.8. The lowest BCUT2D eigenvalue weighted by Gasteiger charge is -2.44. The molecule has 160 valence electrons. The van der Waals surface area contributed by atoms with Gasteiger partial charge in [-0.3, -0.25) is 14.6 Å². The van der Waals surface area contributed by atoms with Crippen LogP contribution in [0.15, 0.2) is 36.9 Å². The van der Waals surface area contributed by atoms with E-state index in [1.54, 1.807) is 13.2 Å². The first-order chi connectivity index (χ1) is 14.0. The van der Waals surface area contributed by atoms with Gasteiger partial charge in [0.15, 0.2) is 0 Å². The number of amides is 1. The van der Waals surface area contributed by atoms with E-state index in [9.17, 15) is 9.90 Å². The molecule has 0 aromatic heterocycles. The zero-order chi connectivity index (χ0) is 20.9. The average molecular weight is 404 g/mol. The van der Waals surface area contributed by atoms with Crippen LogP contribution in [0, 0.1) is 0 Å². The maximum absolute atomic E-state index is 12.8. The van der Waals surface area contributed by atoms with Crippen molar-refractivity contribution in [2.75, 3.05) is 66.1 Å². The molecule has 2 aliphatic rings. The molecule has 0 aliphatic carbocycles. The number of hydrogen-bond donors (Lipinski definition) is 1. The maximum Gasteiger partial charge on any atom is 0.254 e. The van der Waals surface area contributed by atoms with Crippen LogP contribution in [0.2, 0.25) is 0 Å². The summed E-state index contributed by atoms with van der Waals surface area (Å²) in [5.74, 6) is 0.747. The molecule has 3 rings (SSSR count). The summed E-state index contributed by atoms with van der Waals surface area (Å²) in [5.41, 5.74) is 0.251. The molecule has 2 saturated heterocycles. The van der Waals surface area contributed by atoms with E-state index in [-0.39, 0.29) is 18.6 Å². The number of ether oxygens (including phenoxy) is 2. The summed E-state index contributed by atoms with van der Waals surface area (Å²) in [6.45, 7) is 12.0. The normalized spacial score (nSPS) is 23.4. The number of rotatable bonds is 7. The summed E-state index contributed by atoms with van der Waals surface area (Å²) in [5, 5.41) is 9.74. The van der Waals surface area contributed by atoms with Crippen LogP contribution in [-0.4, -0.2) is 103 Å². The van der Waals surface area contributed by atoms with Gasteiger partial charge in [-0.25, -0.2) is 0 Å². The Labute approximate surface area is 173 Å². The van der Waals surface area contributed by atoms with Gasteiger partial charge >= 0.3 is 0 Å². The Hall–Kier alpha value is -1.93. The van der Waals surface area contributed by atoms with Crippen LogP contribution in [0.4, 0.5) is 0 Å². The van der Waals surface area contributed by atoms with Gasteiger partial charge < -0.3 is 19.5 Å². The van der Waals surface area contributed by atoms with Gasteiger partial charge in [0.1, 0.15) is 5.75 Å². The summed E-state index contributed by atoms with van der Waals surface area (Å²) < 4.78 is 11.2. The predicted molar refractivity (Wildman–Crippen MR) is 112 cm³/mol. The highest BCUT2D eigenvalue weighted by Crippen LogP contribution is 2.21. The van der Waals surface area contributed by atoms with Crippen molar-refractivity contribution in [3.8, 4) is 5.75 Å². The summed E-state index contributed by atoms with van der Waals surface area (Å²) in [7, 11) is 1.61. The minimum atomic E-state index is -0.413. The second-order valence-electron chi connectivity index (χ2n) is 7.98. The molecule has 0 saturated carbocycles. The van der Waals surface area contributed by atoms with E-state index in [4.69, 9.17) is 9.47 Å². The van der Waals surface area contributed by atoms with E-state index in [0.717, 1.165) is 32.7 Å². The molecule has 1 N–H and O–H groups in total. The Bertz CT molecular complexity index is 705. The Morgan fingerprint density at radius 1 is 1.34 bits per heavy atom. The highest BCUT2D eigenvalue weighted by molar-refractivity contribution is 5.94. The highest BCUT2D eigenvalue weighted by Gasteiger charge is 2.34. The Morgan fingerprint density at radius 3 is 2.76 bits per heavy atom. The second kappa shape index (κ2) is 9.71. The number of benzene rings is 1. The zero-order valence-electron chi connectivity index (χ0n) is 17.5. The van der Waals surface area contributed by atoms with Gasteiger partial charge in [-0.1, -0.05) is 12.1 Å². The number of carbonyl (C=O) groups is 1. The molecule has 2 unspecified atom stereocenters. The lowest BCUT2D eigenvalue weighted by molar-refractivity contribution is -0.0773. The molecule has 29 heavy (non-hydrogen) atoms. The van der Waals surface area contributed by atoms with Gasteiger partial charge in [0.2, 0.25) is 0 Å². The number of carbonyl (C=O) groups excluding carboxylic acids is 1. The van der Waals surface area contributed by atoms with Crippen molar-refractivity contribution in [3.63, 3.8) is 0 Å². The first-order valence-corrected chi connectivity index (χ1v) is 10.3. The van der Waals surface area contributed by atoms with E-state index in [1.165, 1.54) is 0 Å². The smallest absolute Gasteiger partial charge is 0.254 e. The van der Waals surface area contributed by atoms with Crippen LogP contribution < -0.4 is 4.74 Å². The Balaban J connectivity index is 1.50. The number of nitrogens with zero attached hydrogens (tertiary/aromatic N) is 3. The van der Waals surface area contributed by atoms with Crippen molar-refractivity contribution in [1.82, 2.24) is 14.7 Å². The molecule has 2 aliphatic heterocycles. The van der Waals surface area contributed by atoms with Gasteiger partial charge in [0.25, 0.3) is 5.91 Å². The first-order valence-electron chi connectivity index (χ1n) is 10.3. The maximum atomic E-state index is 12.8. The molecule has 2 atom stereocenters. The summed E-state index contributed by atoms with van der Waals surface area (Å²) in [4.78, 5) is 19.3. The SMILES string of the molecule is C=CC(C)(CO)N1CCOC(CN2CCN(C(=O)c3cccc(OC)c3)CC2)C1. The van der Waals surface area contributed by atoms with Gasteiger partial charge in [-0.2, -0.15) is 0 Å². The van der Waals surface area contributed by atoms with Crippen molar-refractivity contribution in [2.24, 2.45) is 0 Å². The van der Waals surface area contributed by atoms with Gasteiger partial charge in [-0.05, 0) is 25.1 Å². The van der Waals surface area contributed by atoms with Crippen molar-refractivity contribution in [1.29, 1.82) is 0 Å². The second-order valence-corrected chi connectivity index (χ2v) is 7.98. The number of aliphatic hydroxyl groups excluding tert-OH is 1. The van der Waals surface area contributed by atoms with Crippen molar-refractivity contribution in [2.45, 2.75) is 18.6 Å². The molecule has 7 heteroatoms. The molecule has 2 heterocycles. The van der Waals surface area contributed by atoms with Crippen molar-refractivity contribution < 1.29 is 19.4 Å². The fourth-order valence-electron chi connectivity index (χ4n) is 3.95. The standard InChI is InChI=1S/C22H33N3O4/c1-4-22(2,17-26)25-12-13-29-20(16-25)15-23-8-10-24(11-9-23)21(27)18-6-5-7-19(14-18)28-3/h4-7,14,20,26H,1,8-13,15-17H2,2-3H3. The number of methoxy groups -OCH3 is 1. The molecule has 1 aromatic carbocycles. The fourth-order valence-corrected chi connectivity index (χ4v) is 3.95. The molecular formula is C22H33N3O4. The highest BCUT2D eigenvalue weighted by atomic mass is 16.5. The predicted octanol–water partition coefficient (Wildman–Crippen LogP) is 1.09. The molecule has 2 fully saturated rings. The third-order valence-corrected chi connectivity index (χ3v) is 6.06. The minimum absolute atomic E-state index is 0.0494.